The Bertz CT molecular complexity index is 690. The number of amides is 2. The first-order valence-corrected chi connectivity index (χ1v) is 6.05. The quantitative estimate of drug-likeness (QED) is 0.668. The number of benzene rings is 2. The normalized spacial score (nSPS) is 13.6. The zero-order valence-electron chi connectivity index (χ0n) is 10.8. The predicted octanol–water partition coefficient (Wildman–Crippen LogP) is 2.08. The number of nitrogens with two attached hydrogens (primary N) is 1. The van der Waals surface area contributed by atoms with Crippen LogP contribution < -0.4 is 15.4 Å². The molecule has 1 heterocycles. The Balaban J connectivity index is 2.07. The first-order valence-electron chi connectivity index (χ1n) is 6.05. The monoisotopic (exact) mass is 268 g/mol. The molecule has 0 fully saturated rings. The van der Waals surface area contributed by atoms with E-state index in [0.717, 1.165) is 4.90 Å². The Labute approximate surface area is 115 Å². The maximum absolute atomic E-state index is 12.3. The lowest BCUT2D eigenvalue weighted by atomic mass is 10.1. The van der Waals surface area contributed by atoms with Crippen LogP contribution in [0.4, 0.5) is 11.4 Å². The minimum absolute atomic E-state index is 0.338. The van der Waals surface area contributed by atoms with Crippen LogP contribution in [-0.2, 0) is 0 Å². The molecule has 0 atom stereocenters. The second kappa shape index (κ2) is 4.38. The number of nitrogen functional groups attached to an aromatic ring is 1. The van der Waals surface area contributed by atoms with Gasteiger partial charge in [0.05, 0.1) is 29.6 Å². The summed E-state index contributed by atoms with van der Waals surface area (Å²) in [6.07, 6.45) is 0. The summed E-state index contributed by atoms with van der Waals surface area (Å²) >= 11 is 0. The van der Waals surface area contributed by atoms with Crippen molar-refractivity contribution in [1.82, 2.24) is 0 Å². The van der Waals surface area contributed by atoms with Gasteiger partial charge in [0.1, 0.15) is 5.75 Å². The first-order chi connectivity index (χ1) is 9.63. The summed E-state index contributed by atoms with van der Waals surface area (Å²) in [5, 5.41) is 0. The SMILES string of the molecule is COc1ccc(N2C(=O)c3ccccc3C2=O)cc1N. The number of ether oxygens (including phenoxy) is 1. The molecule has 1 aliphatic rings. The van der Waals surface area contributed by atoms with Crippen LogP contribution in [0.1, 0.15) is 20.7 Å². The third-order valence-electron chi connectivity index (χ3n) is 3.27. The number of carbonyl (C=O) groups is 2. The minimum Gasteiger partial charge on any atom is -0.495 e. The van der Waals surface area contributed by atoms with Crippen molar-refractivity contribution in [2.45, 2.75) is 0 Å². The molecule has 2 amide bonds. The molecule has 0 bridgehead atoms. The van der Waals surface area contributed by atoms with E-state index in [1.165, 1.54) is 7.11 Å². The molecular formula is C15H12N2O3. The third kappa shape index (κ3) is 1.64. The van der Waals surface area contributed by atoms with Crippen LogP contribution in [0.15, 0.2) is 42.5 Å². The summed E-state index contributed by atoms with van der Waals surface area (Å²) in [5.74, 6) is -0.171. The van der Waals surface area contributed by atoms with Crippen LogP contribution in [0.2, 0.25) is 0 Å². The van der Waals surface area contributed by atoms with Gasteiger partial charge in [0, 0.05) is 0 Å². The van der Waals surface area contributed by atoms with Gasteiger partial charge in [0.15, 0.2) is 0 Å². The van der Waals surface area contributed by atoms with E-state index in [1.54, 1.807) is 42.5 Å². The van der Waals surface area contributed by atoms with Crippen LogP contribution in [0.5, 0.6) is 5.75 Å². The summed E-state index contributed by atoms with van der Waals surface area (Å²) in [5.41, 5.74) is 7.46. The van der Waals surface area contributed by atoms with E-state index >= 15 is 0 Å². The highest BCUT2D eigenvalue weighted by atomic mass is 16.5. The molecule has 0 spiro atoms. The zero-order chi connectivity index (χ0) is 14.3. The zero-order valence-corrected chi connectivity index (χ0v) is 10.8. The number of hydrogen-bond acceptors (Lipinski definition) is 4. The summed E-state index contributed by atoms with van der Waals surface area (Å²) in [7, 11) is 1.51. The fourth-order valence-electron chi connectivity index (χ4n) is 2.28. The average molecular weight is 268 g/mol. The maximum Gasteiger partial charge on any atom is 0.266 e. The maximum atomic E-state index is 12.3. The number of anilines is 2. The largest absolute Gasteiger partial charge is 0.495 e. The van der Waals surface area contributed by atoms with Crippen LogP contribution in [0.3, 0.4) is 0 Å². The van der Waals surface area contributed by atoms with Gasteiger partial charge in [-0.05, 0) is 30.3 Å². The van der Waals surface area contributed by atoms with Crippen molar-refractivity contribution >= 4 is 23.2 Å². The lowest BCUT2D eigenvalue weighted by molar-refractivity contribution is 0.0926. The summed E-state index contributed by atoms with van der Waals surface area (Å²) < 4.78 is 5.06. The van der Waals surface area contributed by atoms with Crippen LogP contribution in [0, 0.1) is 0 Å². The van der Waals surface area contributed by atoms with Gasteiger partial charge >= 0.3 is 0 Å². The number of methoxy groups -OCH3 is 1. The predicted molar refractivity (Wildman–Crippen MR) is 75.0 cm³/mol. The van der Waals surface area contributed by atoms with Gasteiger partial charge in [0.2, 0.25) is 0 Å². The molecule has 5 nitrogen and oxygen atoms in total. The molecule has 0 aliphatic carbocycles. The molecule has 2 aromatic carbocycles. The average Bonchev–Trinajstić information content (AvgIpc) is 2.71. The molecule has 5 heteroatoms. The van der Waals surface area contributed by atoms with Gasteiger partial charge in [-0.2, -0.15) is 0 Å². The van der Waals surface area contributed by atoms with Gasteiger partial charge < -0.3 is 10.5 Å². The Hall–Kier alpha value is -2.82. The molecule has 0 saturated heterocycles. The molecule has 0 radical (unpaired) electrons. The standard InChI is InChI=1S/C15H12N2O3/c1-20-13-7-6-9(8-12(13)16)17-14(18)10-4-2-3-5-11(10)15(17)19/h2-8H,16H2,1H3. The first kappa shape index (κ1) is 12.2. The Morgan fingerprint density at radius 2 is 1.60 bits per heavy atom. The van der Waals surface area contributed by atoms with Crippen molar-refractivity contribution in [3.05, 3.63) is 53.6 Å². The molecule has 0 unspecified atom stereocenters. The number of nitrogens with zero attached hydrogens (tertiary/aromatic N) is 1. The van der Waals surface area contributed by atoms with Gasteiger partial charge in [-0.25, -0.2) is 4.90 Å². The van der Waals surface area contributed by atoms with E-state index in [9.17, 15) is 9.59 Å². The topological polar surface area (TPSA) is 72.6 Å². The van der Waals surface area contributed by atoms with Gasteiger partial charge in [-0.3, -0.25) is 9.59 Å². The van der Waals surface area contributed by atoms with Crippen molar-refractivity contribution in [1.29, 1.82) is 0 Å². The Morgan fingerprint density at radius 1 is 1.00 bits per heavy atom. The van der Waals surface area contributed by atoms with E-state index in [1.807, 2.05) is 0 Å². The highest BCUT2D eigenvalue weighted by molar-refractivity contribution is 6.34. The van der Waals surface area contributed by atoms with Crippen molar-refractivity contribution in [2.24, 2.45) is 0 Å². The highest BCUT2D eigenvalue weighted by Gasteiger charge is 2.36. The van der Waals surface area contributed by atoms with Crippen molar-refractivity contribution in [3.8, 4) is 5.75 Å². The van der Waals surface area contributed by atoms with E-state index in [2.05, 4.69) is 0 Å². The number of rotatable bonds is 2. The number of imide groups is 1. The fraction of sp³-hybridized carbons (Fsp3) is 0.0667. The number of fused-ring (bicyclic) bond motifs is 1. The van der Waals surface area contributed by atoms with Crippen molar-refractivity contribution in [3.63, 3.8) is 0 Å². The molecule has 100 valence electrons. The Morgan fingerprint density at radius 3 is 2.10 bits per heavy atom. The second-order valence-electron chi connectivity index (χ2n) is 4.42. The van der Waals surface area contributed by atoms with Gasteiger partial charge in [-0.1, -0.05) is 12.1 Å². The molecular weight excluding hydrogens is 256 g/mol. The molecule has 2 aromatic rings. The smallest absolute Gasteiger partial charge is 0.266 e. The molecule has 1 aliphatic heterocycles. The minimum atomic E-state index is -0.338. The van der Waals surface area contributed by atoms with Gasteiger partial charge in [-0.15, -0.1) is 0 Å². The lowest BCUT2D eigenvalue weighted by Crippen LogP contribution is -2.29. The summed E-state index contributed by atoms with van der Waals surface area (Å²) in [6, 6.07) is 11.6. The number of hydrogen-bond donors (Lipinski definition) is 1. The van der Waals surface area contributed by atoms with Crippen LogP contribution >= 0.6 is 0 Å². The molecule has 2 N–H and O–H groups in total. The molecule has 3 rings (SSSR count). The second-order valence-corrected chi connectivity index (χ2v) is 4.42. The lowest BCUT2D eigenvalue weighted by Gasteiger charge is -2.15. The molecule has 0 aromatic heterocycles. The van der Waals surface area contributed by atoms with E-state index in [0.29, 0.717) is 28.3 Å². The summed E-state index contributed by atoms with van der Waals surface area (Å²) in [4.78, 5) is 25.7. The highest BCUT2D eigenvalue weighted by Crippen LogP contribution is 2.32. The fourth-order valence-corrected chi connectivity index (χ4v) is 2.28. The summed E-state index contributed by atoms with van der Waals surface area (Å²) in [6.45, 7) is 0. The third-order valence-corrected chi connectivity index (χ3v) is 3.27. The van der Waals surface area contributed by atoms with Crippen LogP contribution in [-0.4, -0.2) is 18.9 Å². The Kier molecular flexibility index (Phi) is 2.68. The van der Waals surface area contributed by atoms with E-state index in [-0.39, 0.29) is 11.8 Å². The van der Waals surface area contributed by atoms with Crippen molar-refractivity contribution in [2.75, 3.05) is 17.7 Å². The van der Waals surface area contributed by atoms with Crippen molar-refractivity contribution < 1.29 is 14.3 Å². The van der Waals surface area contributed by atoms with E-state index < -0.39 is 0 Å². The number of carbonyl (C=O) groups excluding carboxylic acids is 2. The van der Waals surface area contributed by atoms with Crippen LogP contribution in [0.25, 0.3) is 0 Å². The van der Waals surface area contributed by atoms with E-state index in [4.69, 9.17) is 10.5 Å². The van der Waals surface area contributed by atoms with Gasteiger partial charge in [0.25, 0.3) is 11.8 Å². The molecule has 0 saturated carbocycles. The molecule has 20 heavy (non-hydrogen) atoms.